The summed E-state index contributed by atoms with van der Waals surface area (Å²) in [4.78, 5) is 11.5. The molecule has 0 bridgehead atoms. The largest absolute Gasteiger partial charge is 0.479 e. The summed E-state index contributed by atoms with van der Waals surface area (Å²) in [6, 6.07) is 2.53. The van der Waals surface area contributed by atoms with E-state index in [1.54, 1.807) is 13.8 Å². The van der Waals surface area contributed by atoms with Gasteiger partial charge in [0.05, 0.1) is 5.60 Å². The topological polar surface area (TPSA) is 55.8 Å². The average molecular weight is 332 g/mol. The van der Waals surface area contributed by atoms with Crippen LogP contribution in [0.4, 0.5) is 13.2 Å². The van der Waals surface area contributed by atoms with E-state index in [0.717, 1.165) is 6.07 Å². The molecule has 0 amide bonds. The van der Waals surface area contributed by atoms with Crippen LogP contribution in [0.1, 0.15) is 37.8 Å². The molecule has 2 rings (SSSR count). The third-order valence-electron chi connectivity index (χ3n) is 4.60. The van der Waals surface area contributed by atoms with Crippen molar-refractivity contribution in [2.75, 3.05) is 0 Å². The number of halogens is 3. The summed E-state index contributed by atoms with van der Waals surface area (Å²) in [5.74, 6) is -3.40. The molecule has 1 N–H and O–H groups in total. The van der Waals surface area contributed by atoms with Gasteiger partial charge in [-0.3, -0.25) is 0 Å². The second-order valence-corrected chi connectivity index (χ2v) is 6.27. The first-order valence-electron chi connectivity index (χ1n) is 7.20. The van der Waals surface area contributed by atoms with Crippen LogP contribution in [0.15, 0.2) is 12.1 Å². The number of carbonyl (C=O) groups is 1. The van der Waals surface area contributed by atoms with Crippen LogP contribution in [0.2, 0.25) is 0 Å². The van der Waals surface area contributed by atoms with E-state index in [0.29, 0.717) is 5.56 Å². The van der Waals surface area contributed by atoms with Crippen LogP contribution in [-0.2, 0) is 9.53 Å². The standard InChI is InChI=1S/C16H19F3O4/c1-7-9(5-6-10(12(7)17)22-15(18)19)11-8(2)16(3,4)23-13(11)14(20)21/h5-6,8,11,13,15H,1-4H3,(H,20,21)/t8-,11-,13+/m0/s1. The van der Waals surface area contributed by atoms with E-state index in [9.17, 15) is 23.1 Å². The smallest absolute Gasteiger partial charge is 0.387 e. The predicted molar refractivity (Wildman–Crippen MR) is 76.3 cm³/mol. The Kier molecular flexibility index (Phi) is 4.61. The van der Waals surface area contributed by atoms with Crippen molar-refractivity contribution in [1.82, 2.24) is 0 Å². The number of carboxylic acids is 1. The van der Waals surface area contributed by atoms with Gasteiger partial charge in [-0.25, -0.2) is 9.18 Å². The SMILES string of the molecule is Cc1c([C@H]2[C@H](C(=O)O)OC(C)(C)[C@H]2C)ccc(OC(F)F)c1F. The molecule has 0 radical (unpaired) electrons. The molecule has 1 aliphatic heterocycles. The number of aliphatic carboxylic acids is 1. The second-order valence-electron chi connectivity index (χ2n) is 6.27. The maximum absolute atomic E-state index is 14.3. The van der Waals surface area contributed by atoms with Crippen LogP contribution in [0.25, 0.3) is 0 Å². The molecular weight excluding hydrogens is 313 g/mol. The van der Waals surface area contributed by atoms with Gasteiger partial charge in [-0.1, -0.05) is 13.0 Å². The van der Waals surface area contributed by atoms with E-state index in [1.807, 2.05) is 6.92 Å². The normalized spacial score (nSPS) is 26.5. The molecule has 0 unspecified atom stereocenters. The van der Waals surface area contributed by atoms with Crippen LogP contribution in [-0.4, -0.2) is 29.4 Å². The number of alkyl halides is 2. The van der Waals surface area contributed by atoms with Gasteiger partial charge in [-0.2, -0.15) is 8.78 Å². The molecule has 1 aromatic rings. The minimum absolute atomic E-state index is 0.0903. The first-order valence-corrected chi connectivity index (χ1v) is 7.20. The second kappa shape index (κ2) is 6.03. The number of hydrogen-bond acceptors (Lipinski definition) is 3. The Morgan fingerprint density at radius 3 is 2.52 bits per heavy atom. The molecule has 1 saturated heterocycles. The Bertz CT molecular complexity index is 616. The highest BCUT2D eigenvalue weighted by Crippen LogP contribution is 2.47. The Morgan fingerprint density at radius 2 is 2.00 bits per heavy atom. The molecule has 1 aromatic carbocycles. The summed E-state index contributed by atoms with van der Waals surface area (Å²) in [5, 5.41) is 9.39. The summed E-state index contributed by atoms with van der Waals surface area (Å²) < 4.78 is 48.6. The summed E-state index contributed by atoms with van der Waals surface area (Å²) in [6.45, 7) is 3.66. The lowest BCUT2D eigenvalue weighted by molar-refractivity contribution is -0.153. The maximum atomic E-state index is 14.3. The van der Waals surface area contributed by atoms with Gasteiger partial charge in [0.1, 0.15) is 0 Å². The Hall–Kier alpha value is -1.76. The lowest BCUT2D eigenvalue weighted by atomic mass is 9.77. The van der Waals surface area contributed by atoms with Crippen molar-refractivity contribution in [3.8, 4) is 5.75 Å². The van der Waals surface area contributed by atoms with Gasteiger partial charge in [0.25, 0.3) is 0 Å². The number of hydrogen-bond donors (Lipinski definition) is 1. The van der Waals surface area contributed by atoms with Gasteiger partial charge in [0, 0.05) is 5.92 Å². The molecule has 128 valence electrons. The van der Waals surface area contributed by atoms with Crippen molar-refractivity contribution in [2.24, 2.45) is 5.92 Å². The number of rotatable bonds is 4. The van der Waals surface area contributed by atoms with E-state index < -0.39 is 41.8 Å². The lowest BCUT2D eigenvalue weighted by Crippen LogP contribution is -2.27. The zero-order chi connectivity index (χ0) is 17.5. The number of carboxylic acid groups (broad SMARTS) is 1. The minimum Gasteiger partial charge on any atom is -0.479 e. The average Bonchev–Trinajstić information content (AvgIpc) is 2.67. The molecule has 0 aromatic heterocycles. The number of ether oxygens (including phenoxy) is 2. The van der Waals surface area contributed by atoms with Crippen molar-refractivity contribution in [1.29, 1.82) is 0 Å². The lowest BCUT2D eigenvalue weighted by Gasteiger charge is -2.25. The number of benzene rings is 1. The fourth-order valence-electron chi connectivity index (χ4n) is 3.06. The van der Waals surface area contributed by atoms with Crippen molar-refractivity contribution >= 4 is 5.97 Å². The molecule has 0 aliphatic carbocycles. The van der Waals surface area contributed by atoms with Gasteiger partial charge in [0.2, 0.25) is 0 Å². The molecule has 1 aliphatic rings. The maximum Gasteiger partial charge on any atom is 0.387 e. The van der Waals surface area contributed by atoms with E-state index in [4.69, 9.17) is 4.74 Å². The van der Waals surface area contributed by atoms with Crippen molar-refractivity contribution in [3.05, 3.63) is 29.1 Å². The molecule has 7 heteroatoms. The summed E-state index contributed by atoms with van der Waals surface area (Å²) in [7, 11) is 0. The van der Waals surface area contributed by atoms with Crippen molar-refractivity contribution in [2.45, 2.75) is 51.9 Å². The first-order chi connectivity index (χ1) is 10.6. The van der Waals surface area contributed by atoms with E-state index in [-0.39, 0.29) is 11.5 Å². The summed E-state index contributed by atoms with van der Waals surface area (Å²) in [5.41, 5.74) is -0.184. The molecule has 0 spiro atoms. The Balaban J connectivity index is 2.48. The van der Waals surface area contributed by atoms with E-state index >= 15 is 0 Å². The van der Waals surface area contributed by atoms with Gasteiger partial charge < -0.3 is 14.6 Å². The van der Waals surface area contributed by atoms with Crippen LogP contribution < -0.4 is 4.74 Å². The molecular formula is C16H19F3O4. The molecule has 4 nitrogen and oxygen atoms in total. The van der Waals surface area contributed by atoms with Crippen LogP contribution in [0.5, 0.6) is 5.75 Å². The van der Waals surface area contributed by atoms with Crippen LogP contribution in [0, 0.1) is 18.7 Å². The predicted octanol–water partition coefficient (Wildman–Crippen LogP) is 3.72. The van der Waals surface area contributed by atoms with Crippen molar-refractivity contribution < 1.29 is 32.5 Å². The monoisotopic (exact) mass is 332 g/mol. The highest BCUT2D eigenvalue weighted by molar-refractivity contribution is 5.75. The van der Waals surface area contributed by atoms with Crippen LogP contribution in [0.3, 0.4) is 0 Å². The molecule has 1 heterocycles. The molecule has 23 heavy (non-hydrogen) atoms. The van der Waals surface area contributed by atoms with Crippen molar-refractivity contribution in [3.63, 3.8) is 0 Å². The first kappa shape index (κ1) is 17.6. The third-order valence-corrected chi connectivity index (χ3v) is 4.60. The van der Waals surface area contributed by atoms with Gasteiger partial charge >= 0.3 is 12.6 Å². The minimum atomic E-state index is -3.13. The van der Waals surface area contributed by atoms with Gasteiger partial charge in [-0.05, 0) is 43.9 Å². The Labute approximate surface area is 132 Å². The molecule has 1 fully saturated rings. The third kappa shape index (κ3) is 3.15. The van der Waals surface area contributed by atoms with Crippen LogP contribution >= 0.6 is 0 Å². The molecule has 3 atom stereocenters. The zero-order valence-corrected chi connectivity index (χ0v) is 13.3. The van der Waals surface area contributed by atoms with Gasteiger partial charge in [-0.15, -0.1) is 0 Å². The van der Waals surface area contributed by atoms with E-state index in [2.05, 4.69) is 4.74 Å². The fourth-order valence-corrected chi connectivity index (χ4v) is 3.06. The summed E-state index contributed by atoms with van der Waals surface area (Å²) in [6.07, 6.45) is -1.13. The summed E-state index contributed by atoms with van der Waals surface area (Å²) >= 11 is 0. The van der Waals surface area contributed by atoms with E-state index in [1.165, 1.54) is 13.0 Å². The quantitative estimate of drug-likeness (QED) is 0.913. The molecule has 0 saturated carbocycles. The van der Waals surface area contributed by atoms with Gasteiger partial charge in [0.15, 0.2) is 17.7 Å². The fraction of sp³-hybridized carbons (Fsp3) is 0.562. The highest BCUT2D eigenvalue weighted by Gasteiger charge is 2.51. The zero-order valence-electron chi connectivity index (χ0n) is 13.3. The Morgan fingerprint density at radius 1 is 1.39 bits per heavy atom. The highest BCUT2D eigenvalue weighted by atomic mass is 19.3.